The lowest BCUT2D eigenvalue weighted by Crippen LogP contribution is -2.36. The fourth-order valence-electron chi connectivity index (χ4n) is 0.898. The zero-order valence-corrected chi connectivity index (χ0v) is 9.64. The number of amides is 2. The number of urea groups is 1. The van der Waals surface area contributed by atoms with E-state index in [0.29, 0.717) is 6.54 Å². The summed E-state index contributed by atoms with van der Waals surface area (Å²) >= 11 is 0. The largest absolute Gasteiger partial charge is 0.338 e. The van der Waals surface area contributed by atoms with Crippen LogP contribution in [0.25, 0.3) is 0 Å². The second kappa shape index (κ2) is 7.47. The maximum atomic E-state index is 11.0. The first-order chi connectivity index (χ1) is 6.95. The van der Waals surface area contributed by atoms with Crippen molar-refractivity contribution >= 4 is 16.1 Å². The summed E-state index contributed by atoms with van der Waals surface area (Å²) in [7, 11) is -3.91. The normalized spacial score (nSPS) is 11.1. The molecule has 3 N–H and O–H groups in total. The molecule has 15 heavy (non-hydrogen) atoms. The molecule has 0 heterocycles. The van der Waals surface area contributed by atoms with Crippen LogP contribution >= 0.6 is 0 Å². The van der Waals surface area contributed by atoms with Crippen LogP contribution in [0.15, 0.2) is 0 Å². The Morgan fingerprint density at radius 3 is 2.20 bits per heavy atom. The van der Waals surface area contributed by atoms with E-state index in [9.17, 15) is 13.2 Å². The van der Waals surface area contributed by atoms with Gasteiger partial charge in [0.05, 0.1) is 5.75 Å². The van der Waals surface area contributed by atoms with Gasteiger partial charge in [0.1, 0.15) is 0 Å². The van der Waals surface area contributed by atoms with Crippen LogP contribution in [0.1, 0.15) is 26.2 Å². The third kappa shape index (κ3) is 11.1. The van der Waals surface area contributed by atoms with Crippen LogP contribution in [0.3, 0.4) is 0 Å². The van der Waals surface area contributed by atoms with E-state index in [4.69, 9.17) is 4.55 Å². The predicted octanol–water partition coefficient (Wildman–Crippen LogP) is 0.364. The number of hydrogen-bond acceptors (Lipinski definition) is 3. The second-order valence-electron chi connectivity index (χ2n) is 3.18. The number of rotatable bonds is 7. The van der Waals surface area contributed by atoms with Gasteiger partial charge in [-0.15, -0.1) is 0 Å². The molecule has 0 aromatic rings. The van der Waals surface area contributed by atoms with Crippen molar-refractivity contribution in [1.82, 2.24) is 10.6 Å². The van der Waals surface area contributed by atoms with Crippen LogP contribution in [0.2, 0.25) is 0 Å². The number of carbonyl (C=O) groups is 1. The summed E-state index contributed by atoms with van der Waals surface area (Å²) in [6, 6.07) is -0.307. The molecule has 0 saturated carbocycles. The summed E-state index contributed by atoms with van der Waals surface area (Å²) in [6.07, 6.45) is 2.13. The van der Waals surface area contributed by atoms with Crippen LogP contribution in [-0.2, 0) is 10.1 Å². The molecule has 0 aliphatic rings. The van der Waals surface area contributed by atoms with Crippen LogP contribution in [-0.4, -0.2) is 37.8 Å². The van der Waals surface area contributed by atoms with Crippen molar-refractivity contribution in [2.45, 2.75) is 26.2 Å². The Labute approximate surface area is 90.2 Å². The summed E-state index contributed by atoms with van der Waals surface area (Å²) in [4.78, 5) is 11.0. The fourth-order valence-corrected chi connectivity index (χ4v) is 1.41. The first-order valence-corrected chi connectivity index (χ1v) is 6.53. The molecular formula is C8H18N2O4S. The molecule has 0 spiro atoms. The molecular weight excluding hydrogens is 220 g/mol. The number of carbonyl (C=O) groups excluding carboxylic acids is 1. The fraction of sp³-hybridized carbons (Fsp3) is 0.875. The Morgan fingerprint density at radius 2 is 1.73 bits per heavy atom. The van der Waals surface area contributed by atoms with Crippen LogP contribution in [0.4, 0.5) is 4.79 Å². The minimum Gasteiger partial charge on any atom is -0.338 e. The monoisotopic (exact) mass is 238 g/mol. The zero-order chi connectivity index (χ0) is 11.7. The molecule has 0 aromatic heterocycles. The minimum absolute atomic E-state index is 0.208. The number of nitrogens with one attached hydrogen (secondary N) is 2. The van der Waals surface area contributed by atoms with E-state index in [1.807, 2.05) is 6.92 Å². The van der Waals surface area contributed by atoms with Gasteiger partial charge in [-0.2, -0.15) is 8.42 Å². The molecule has 0 saturated heterocycles. The van der Waals surface area contributed by atoms with E-state index in [0.717, 1.165) is 12.8 Å². The lowest BCUT2D eigenvalue weighted by molar-refractivity contribution is 0.240. The minimum atomic E-state index is -3.91. The van der Waals surface area contributed by atoms with Crippen LogP contribution in [0, 0.1) is 0 Å². The zero-order valence-electron chi connectivity index (χ0n) is 8.82. The van der Waals surface area contributed by atoms with Crippen LogP contribution < -0.4 is 10.6 Å². The van der Waals surface area contributed by atoms with Gasteiger partial charge in [0.2, 0.25) is 0 Å². The van der Waals surface area contributed by atoms with Gasteiger partial charge in [0.15, 0.2) is 0 Å². The average Bonchev–Trinajstić information content (AvgIpc) is 2.11. The molecule has 0 aliphatic carbocycles. The molecule has 0 aliphatic heterocycles. The van der Waals surface area contributed by atoms with E-state index in [1.54, 1.807) is 0 Å². The highest BCUT2D eigenvalue weighted by molar-refractivity contribution is 7.85. The molecule has 7 heteroatoms. The first kappa shape index (κ1) is 14.2. The summed E-state index contributed by atoms with van der Waals surface area (Å²) < 4.78 is 29.0. The van der Waals surface area contributed by atoms with Gasteiger partial charge in [-0.1, -0.05) is 13.3 Å². The van der Waals surface area contributed by atoms with Gasteiger partial charge in [-0.05, 0) is 12.8 Å². The van der Waals surface area contributed by atoms with Crippen molar-refractivity contribution in [2.24, 2.45) is 0 Å². The van der Waals surface area contributed by atoms with Crippen molar-refractivity contribution in [3.8, 4) is 0 Å². The standard InChI is InChI=1S/C8H18N2O4S/c1-2-3-5-9-8(11)10-6-4-7-15(12,13)14/h2-7H2,1H3,(H2,9,10,11)(H,12,13,14). The molecule has 0 aromatic carbocycles. The number of hydrogen-bond donors (Lipinski definition) is 3. The van der Waals surface area contributed by atoms with Gasteiger partial charge in [0.25, 0.3) is 10.1 Å². The predicted molar refractivity (Wildman–Crippen MR) is 57.3 cm³/mol. The molecule has 2 amide bonds. The average molecular weight is 238 g/mol. The second-order valence-corrected chi connectivity index (χ2v) is 4.75. The lowest BCUT2D eigenvalue weighted by atomic mass is 10.3. The van der Waals surface area contributed by atoms with E-state index in [-0.39, 0.29) is 24.7 Å². The first-order valence-electron chi connectivity index (χ1n) is 4.92. The molecule has 6 nitrogen and oxygen atoms in total. The molecule has 0 rings (SSSR count). The smallest absolute Gasteiger partial charge is 0.314 e. The Kier molecular flexibility index (Phi) is 7.06. The van der Waals surface area contributed by atoms with Gasteiger partial charge in [-0.25, -0.2) is 4.79 Å². The molecule has 0 radical (unpaired) electrons. The van der Waals surface area contributed by atoms with Gasteiger partial charge in [0, 0.05) is 13.1 Å². The van der Waals surface area contributed by atoms with E-state index in [2.05, 4.69) is 10.6 Å². The molecule has 0 fully saturated rings. The van der Waals surface area contributed by atoms with Crippen molar-refractivity contribution in [3.63, 3.8) is 0 Å². The lowest BCUT2D eigenvalue weighted by Gasteiger charge is -2.05. The quantitative estimate of drug-likeness (QED) is 0.441. The topological polar surface area (TPSA) is 95.5 Å². The molecule has 90 valence electrons. The van der Waals surface area contributed by atoms with Gasteiger partial charge in [-0.3, -0.25) is 4.55 Å². The van der Waals surface area contributed by atoms with Crippen molar-refractivity contribution in [3.05, 3.63) is 0 Å². The van der Waals surface area contributed by atoms with Crippen molar-refractivity contribution in [2.75, 3.05) is 18.8 Å². The summed E-state index contributed by atoms with van der Waals surface area (Å²) in [5.41, 5.74) is 0. The summed E-state index contributed by atoms with van der Waals surface area (Å²) in [6.45, 7) is 2.87. The summed E-state index contributed by atoms with van der Waals surface area (Å²) in [5.74, 6) is -0.331. The third-order valence-corrected chi connectivity index (χ3v) is 2.49. The van der Waals surface area contributed by atoms with E-state index >= 15 is 0 Å². The van der Waals surface area contributed by atoms with Crippen molar-refractivity contribution < 1.29 is 17.8 Å². The molecule has 0 atom stereocenters. The summed E-state index contributed by atoms with van der Waals surface area (Å²) in [5, 5.41) is 5.11. The highest BCUT2D eigenvalue weighted by Gasteiger charge is 2.04. The maximum absolute atomic E-state index is 11.0. The Balaban J connectivity index is 3.39. The highest BCUT2D eigenvalue weighted by Crippen LogP contribution is 1.86. The van der Waals surface area contributed by atoms with Crippen molar-refractivity contribution in [1.29, 1.82) is 0 Å². The number of unbranched alkanes of at least 4 members (excludes halogenated alkanes) is 1. The van der Waals surface area contributed by atoms with Gasteiger partial charge < -0.3 is 10.6 Å². The van der Waals surface area contributed by atoms with E-state index in [1.165, 1.54) is 0 Å². The maximum Gasteiger partial charge on any atom is 0.314 e. The Hall–Kier alpha value is -0.820. The Morgan fingerprint density at radius 1 is 1.20 bits per heavy atom. The molecule has 0 bridgehead atoms. The van der Waals surface area contributed by atoms with Gasteiger partial charge >= 0.3 is 6.03 Å². The third-order valence-electron chi connectivity index (χ3n) is 1.68. The Bertz CT molecular complexity index is 276. The SMILES string of the molecule is CCCCNC(=O)NCCCS(=O)(=O)O. The highest BCUT2D eigenvalue weighted by atomic mass is 32.2. The van der Waals surface area contributed by atoms with Crippen LogP contribution in [0.5, 0.6) is 0 Å². The molecule has 0 unspecified atom stereocenters. The van der Waals surface area contributed by atoms with E-state index < -0.39 is 10.1 Å².